The molecule has 1 aromatic carbocycles. The van der Waals surface area contributed by atoms with Crippen molar-refractivity contribution in [2.75, 3.05) is 0 Å². The van der Waals surface area contributed by atoms with Gasteiger partial charge in [-0.15, -0.1) is 0 Å². The summed E-state index contributed by atoms with van der Waals surface area (Å²) in [4.78, 5) is 15.8. The van der Waals surface area contributed by atoms with Gasteiger partial charge in [0.1, 0.15) is 0 Å². The number of carboxylic acid groups (broad SMARTS) is 1. The van der Waals surface area contributed by atoms with Gasteiger partial charge >= 0.3 is 12.1 Å². The summed E-state index contributed by atoms with van der Waals surface area (Å²) in [6, 6.07) is 4.35. The fourth-order valence-corrected chi connectivity index (χ4v) is 1.66. The molecule has 7 heteroatoms. The van der Waals surface area contributed by atoms with Crippen molar-refractivity contribution in [1.82, 2.24) is 0 Å². The molecule has 0 spiro atoms. The van der Waals surface area contributed by atoms with E-state index in [-0.39, 0.29) is 6.42 Å². The van der Waals surface area contributed by atoms with Crippen LogP contribution in [0.25, 0.3) is 0 Å². The van der Waals surface area contributed by atoms with E-state index in [4.69, 9.17) is 9.94 Å². The molecular formula is C12H10F3NO3. The van der Waals surface area contributed by atoms with E-state index >= 15 is 0 Å². The Morgan fingerprint density at radius 1 is 1.37 bits per heavy atom. The molecular weight excluding hydrogens is 263 g/mol. The van der Waals surface area contributed by atoms with Crippen molar-refractivity contribution < 1.29 is 27.9 Å². The largest absolute Gasteiger partial charge is 0.478 e. The molecule has 0 radical (unpaired) electrons. The molecule has 1 N–H and O–H groups in total. The van der Waals surface area contributed by atoms with Gasteiger partial charge in [0.2, 0.25) is 5.60 Å². The van der Waals surface area contributed by atoms with Gasteiger partial charge in [-0.25, -0.2) is 4.79 Å². The number of benzene rings is 1. The Balaban J connectivity index is 2.19. The highest BCUT2D eigenvalue weighted by Crippen LogP contribution is 2.31. The molecule has 0 aromatic heterocycles. The van der Waals surface area contributed by atoms with Crippen LogP contribution in [0, 0.1) is 0 Å². The van der Waals surface area contributed by atoms with Crippen molar-refractivity contribution in [2.24, 2.45) is 5.16 Å². The minimum atomic E-state index is -4.40. The molecule has 0 bridgehead atoms. The number of oxime groups is 1. The quantitative estimate of drug-likeness (QED) is 0.901. The van der Waals surface area contributed by atoms with Crippen LogP contribution in [-0.2, 0) is 15.8 Å². The number of nitrogens with zero attached hydrogens (tertiary/aromatic N) is 1. The number of carbonyl (C=O) groups is 1. The topological polar surface area (TPSA) is 58.9 Å². The summed E-state index contributed by atoms with van der Waals surface area (Å²) < 4.78 is 37.2. The molecule has 0 amide bonds. The van der Waals surface area contributed by atoms with Crippen LogP contribution < -0.4 is 0 Å². The lowest BCUT2D eigenvalue weighted by Gasteiger charge is -2.14. The van der Waals surface area contributed by atoms with Crippen molar-refractivity contribution >= 4 is 11.7 Å². The first kappa shape index (κ1) is 13.4. The Kier molecular flexibility index (Phi) is 3.00. The summed E-state index contributed by atoms with van der Waals surface area (Å²) in [5, 5.41) is 12.6. The van der Waals surface area contributed by atoms with Crippen LogP contribution >= 0.6 is 0 Å². The van der Waals surface area contributed by atoms with Crippen LogP contribution in [0.15, 0.2) is 29.4 Å². The average Bonchev–Trinajstić information content (AvgIpc) is 2.72. The molecule has 1 heterocycles. The molecule has 1 atom stereocenters. The van der Waals surface area contributed by atoms with E-state index in [1.54, 1.807) is 0 Å². The van der Waals surface area contributed by atoms with Crippen molar-refractivity contribution in [3.63, 3.8) is 0 Å². The number of hydrogen-bond donors (Lipinski definition) is 1. The highest BCUT2D eigenvalue weighted by molar-refractivity contribution is 6.04. The van der Waals surface area contributed by atoms with Crippen molar-refractivity contribution in [2.45, 2.75) is 25.1 Å². The van der Waals surface area contributed by atoms with E-state index in [9.17, 15) is 18.0 Å². The summed E-state index contributed by atoms with van der Waals surface area (Å²) in [6.07, 6.45) is -4.39. The van der Waals surface area contributed by atoms with E-state index in [1.807, 2.05) is 0 Å². The van der Waals surface area contributed by atoms with Gasteiger partial charge in [0.25, 0.3) is 0 Å². The van der Waals surface area contributed by atoms with E-state index in [0.29, 0.717) is 11.3 Å². The zero-order valence-electron chi connectivity index (χ0n) is 9.86. The second kappa shape index (κ2) is 4.25. The van der Waals surface area contributed by atoms with Crippen molar-refractivity contribution in [3.8, 4) is 0 Å². The van der Waals surface area contributed by atoms with E-state index in [1.165, 1.54) is 19.1 Å². The molecule has 1 aromatic rings. The smallest absolute Gasteiger partial charge is 0.416 e. The molecule has 19 heavy (non-hydrogen) atoms. The molecule has 0 aliphatic carbocycles. The van der Waals surface area contributed by atoms with Gasteiger partial charge in [-0.3, -0.25) is 0 Å². The van der Waals surface area contributed by atoms with Gasteiger partial charge in [-0.05, 0) is 24.6 Å². The number of hydrogen-bond acceptors (Lipinski definition) is 3. The third-order valence-corrected chi connectivity index (χ3v) is 2.86. The Morgan fingerprint density at radius 3 is 2.37 bits per heavy atom. The lowest BCUT2D eigenvalue weighted by Crippen LogP contribution is -2.35. The van der Waals surface area contributed by atoms with Gasteiger partial charge in [0.05, 0.1) is 11.3 Å². The molecule has 1 unspecified atom stereocenters. The maximum Gasteiger partial charge on any atom is 0.416 e. The van der Waals surface area contributed by atoms with Gasteiger partial charge in [0.15, 0.2) is 0 Å². The summed E-state index contributed by atoms with van der Waals surface area (Å²) in [6.45, 7) is 1.36. The normalized spacial score (nSPS) is 22.8. The Morgan fingerprint density at radius 2 is 1.95 bits per heavy atom. The zero-order valence-corrected chi connectivity index (χ0v) is 9.86. The maximum atomic E-state index is 12.4. The first-order chi connectivity index (χ1) is 8.72. The van der Waals surface area contributed by atoms with E-state index < -0.39 is 23.3 Å². The third-order valence-electron chi connectivity index (χ3n) is 2.86. The first-order valence-corrected chi connectivity index (χ1v) is 5.38. The molecule has 1 aliphatic rings. The summed E-state index contributed by atoms with van der Waals surface area (Å²) in [7, 11) is 0. The molecule has 102 valence electrons. The van der Waals surface area contributed by atoms with E-state index in [2.05, 4.69) is 5.16 Å². The SMILES string of the molecule is CC1(C(=O)O)CC(c2ccc(C(F)(F)F)cc2)=NO1. The van der Waals surface area contributed by atoms with Gasteiger partial charge in [0, 0.05) is 6.42 Å². The lowest BCUT2D eigenvalue weighted by molar-refractivity contribution is -0.160. The Bertz CT molecular complexity index is 536. The third kappa shape index (κ3) is 2.54. The number of alkyl halides is 3. The van der Waals surface area contributed by atoms with Crippen LogP contribution in [0.5, 0.6) is 0 Å². The fraction of sp³-hybridized carbons (Fsp3) is 0.333. The highest BCUT2D eigenvalue weighted by Gasteiger charge is 2.42. The van der Waals surface area contributed by atoms with Gasteiger partial charge in [-0.2, -0.15) is 13.2 Å². The molecule has 0 fully saturated rings. The van der Waals surface area contributed by atoms with Crippen LogP contribution in [0.2, 0.25) is 0 Å². The van der Waals surface area contributed by atoms with Crippen LogP contribution in [0.4, 0.5) is 13.2 Å². The number of carboxylic acids is 1. The molecule has 0 saturated carbocycles. The molecule has 1 aliphatic heterocycles. The monoisotopic (exact) mass is 273 g/mol. The molecule has 2 rings (SSSR count). The van der Waals surface area contributed by atoms with Crippen molar-refractivity contribution in [1.29, 1.82) is 0 Å². The van der Waals surface area contributed by atoms with Gasteiger partial charge < -0.3 is 9.94 Å². The molecule has 0 saturated heterocycles. The first-order valence-electron chi connectivity index (χ1n) is 5.38. The number of aliphatic carboxylic acids is 1. The Labute approximate surface area is 106 Å². The number of halogens is 3. The summed E-state index contributed by atoms with van der Waals surface area (Å²) in [5.41, 5.74) is -1.49. The predicted molar refractivity (Wildman–Crippen MR) is 59.7 cm³/mol. The molecule has 4 nitrogen and oxygen atoms in total. The highest BCUT2D eigenvalue weighted by atomic mass is 19.4. The zero-order chi connectivity index (χ0) is 14.3. The van der Waals surface area contributed by atoms with Crippen molar-refractivity contribution in [3.05, 3.63) is 35.4 Å². The number of rotatable bonds is 2. The minimum Gasteiger partial charge on any atom is -0.478 e. The van der Waals surface area contributed by atoms with E-state index in [0.717, 1.165) is 12.1 Å². The predicted octanol–water partition coefficient (Wildman–Crippen LogP) is 2.67. The fourth-order valence-electron chi connectivity index (χ4n) is 1.66. The second-order valence-electron chi connectivity index (χ2n) is 4.42. The minimum absolute atomic E-state index is 0.00764. The maximum absolute atomic E-state index is 12.4. The standard InChI is InChI=1S/C12H10F3NO3/c1-11(10(17)18)6-9(16-19-11)7-2-4-8(5-3-7)12(13,14)15/h2-5H,6H2,1H3,(H,17,18). The summed E-state index contributed by atoms with van der Waals surface area (Å²) >= 11 is 0. The summed E-state index contributed by atoms with van der Waals surface area (Å²) in [5.74, 6) is -1.17. The van der Waals surface area contributed by atoms with Crippen LogP contribution in [0.1, 0.15) is 24.5 Å². The van der Waals surface area contributed by atoms with Gasteiger partial charge in [-0.1, -0.05) is 17.3 Å². The Hall–Kier alpha value is -2.05. The van der Waals surface area contributed by atoms with Crippen LogP contribution in [-0.4, -0.2) is 22.4 Å². The average molecular weight is 273 g/mol. The lowest BCUT2D eigenvalue weighted by atomic mass is 9.96. The second-order valence-corrected chi connectivity index (χ2v) is 4.42. The van der Waals surface area contributed by atoms with Crippen LogP contribution in [0.3, 0.4) is 0 Å².